The number of hydrogen-bond acceptors (Lipinski definition) is 3. The van der Waals surface area contributed by atoms with Gasteiger partial charge in [-0.25, -0.2) is 0 Å². The zero-order chi connectivity index (χ0) is 15.6. The van der Waals surface area contributed by atoms with Gasteiger partial charge in [0.15, 0.2) is 0 Å². The fraction of sp³-hybridized carbons (Fsp3) is 0.941. The molecule has 120 valence electrons. The van der Waals surface area contributed by atoms with Crippen LogP contribution in [0.1, 0.15) is 73.1 Å². The second kappa shape index (κ2) is 9.38. The lowest BCUT2D eigenvalue weighted by molar-refractivity contribution is -0.159. The quantitative estimate of drug-likeness (QED) is 0.411. The number of ether oxygens (including phenoxy) is 2. The summed E-state index contributed by atoms with van der Waals surface area (Å²) in [4.78, 5) is 12.4. The van der Waals surface area contributed by atoms with E-state index in [1.165, 1.54) is 12.8 Å². The molecule has 1 unspecified atom stereocenters. The Kier molecular flexibility index (Phi) is 9.11. The molecule has 0 fully saturated rings. The molecule has 1 atom stereocenters. The van der Waals surface area contributed by atoms with Gasteiger partial charge in [0.05, 0.1) is 12.0 Å². The lowest BCUT2D eigenvalue weighted by atomic mass is 9.66. The van der Waals surface area contributed by atoms with Gasteiger partial charge < -0.3 is 9.47 Å². The van der Waals surface area contributed by atoms with E-state index >= 15 is 0 Å². The van der Waals surface area contributed by atoms with E-state index in [0.29, 0.717) is 13.2 Å². The first-order chi connectivity index (χ1) is 9.43. The minimum Gasteiger partial charge on any atom is -0.463 e. The van der Waals surface area contributed by atoms with Crippen LogP contribution in [0, 0.1) is 10.8 Å². The number of esters is 1. The second-order valence-corrected chi connectivity index (χ2v) is 6.18. The predicted molar refractivity (Wildman–Crippen MR) is 83.8 cm³/mol. The number of carbonyl (C=O) groups is 1. The maximum Gasteiger partial charge on any atom is 0.311 e. The largest absolute Gasteiger partial charge is 0.463 e. The van der Waals surface area contributed by atoms with Crippen LogP contribution in [0.4, 0.5) is 0 Å². The standard InChI is InChI=1S/C17H34O3/c1-7-11-17(9-3,10-4)14-16(5,8-2)15(18)20-13-12-19-6/h7-14H2,1-6H3. The first-order valence-corrected chi connectivity index (χ1v) is 8.09. The topological polar surface area (TPSA) is 35.5 Å². The zero-order valence-electron chi connectivity index (χ0n) is 14.4. The average Bonchev–Trinajstić information content (AvgIpc) is 2.46. The van der Waals surface area contributed by atoms with Crippen molar-refractivity contribution in [2.45, 2.75) is 73.1 Å². The van der Waals surface area contributed by atoms with Crippen molar-refractivity contribution in [1.82, 2.24) is 0 Å². The highest BCUT2D eigenvalue weighted by Gasteiger charge is 2.40. The normalized spacial score (nSPS) is 14.9. The molecule has 0 aromatic rings. The molecule has 0 aliphatic rings. The van der Waals surface area contributed by atoms with Gasteiger partial charge in [0.25, 0.3) is 0 Å². The van der Waals surface area contributed by atoms with E-state index in [2.05, 4.69) is 34.6 Å². The Labute approximate surface area is 125 Å². The first kappa shape index (κ1) is 19.4. The van der Waals surface area contributed by atoms with Gasteiger partial charge >= 0.3 is 5.97 Å². The highest BCUT2D eigenvalue weighted by Crippen LogP contribution is 2.45. The van der Waals surface area contributed by atoms with Gasteiger partial charge in [0.2, 0.25) is 0 Å². The van der Waals surface area contributed by atoms with E-state index < -0.39 is 0 Å². The van der Waals surface area contributed by atoms with Crippen LogP contribution in [0.3, 0.4) is 0 Å². The predicted octanol–water partition coefficient (Wildman–Crippen LogP) is 4.59. The van der Waals surface area contributed by atoms with Gasteiger partial charge in [-0.1, -0.05) is 47.0 Å². The Morgan fingerprint density at radius 2 is 1.60 bits per heavy atom. The van der Waals surface area contributed by atoms with Gasteiger partial charge in [0.1, 0.15) is 6.61 Å². The van der Waals surface area contributed by atoms with Crippen LogP contribution < -0.4 is 0 Å². The summed E-state index contributed by atoms with van der Waals surface area (Å²) in [5.41, 5.74) is -0.116. The molecular weight excluding hydrogens is 252 g/mol. The highest BCUT2D eigenvalue weighted by atomic mass is 16.6. The van der Waals surface area contributed by atoms with Crippen LogP contribution in [0.15, 0.2) is 0 Å². The van der Waals surface area contributed by atoms with Crippen LogP contribution in [-0.2, 0) is 14.3 Å². The molecule has 0 spiro atoms. The van der Waals surface area contributed by atoms with Crippen molar-refractivity contribution in [3.63, 3.8) is 0 Å². The molecule has 0 aromatic carbocycles. The first-order valence-electron chi connectivity index (χ1n) is 8.09. The van der Waals surface area contributed by atoms with E-state index in [1.54, 1.807) is 7.11 Å². The monoisotopic (exact) mass is 286 g/mol. The average molecular weight is 286 g/mol. The molecule has 0 aliphatic carbocycles. The van der Waals surface area contributed by atoms with Crippen LogP contribution in [0.25, 0.3) is 0 Å². The number of carbonyl (C=O) groups excluding carboxylic acids is 1. The Morgan fingerprint density at radius 3 is 2.00 bits per heavy atom. The molecule has 0 amide bonds. The minimum absolute atomic E-state index is 0.0700. The fourth-order valence-corrected chi connectivity index (χ4v) is 3.03. The van der Waals surface area contributed by atoms with Gasteiger partial charge in [0, 0.05) is 7.11 Å². The maximum absolute atomic E-state index is 12.4. The van der Waals surface area contributed by atoms with Crippen molar-refractivity contribution in [2.24, 2.45) is 10.8 Å². The summed E-state index contributed by atoms with van der Waals surface area (Å²) in [5.74, 6) is -0.0700. The summed E-state index contributed by atoms with van der Waals surface area (Å²) >= 11 is 0. The molecule has 0 aromatic heterocycles. The summed E-state index contributed by atoms with van der Waals surface area (Å²) in [6.45, 7) is 11.7. The van der Waals surface area contributed by atoms with Crippen LogP contribution in [0.2, 0.25) is 0 Å². The van der Waals surface area contributed by atoms with Gasteiger partial charge in [-0.15, -0.1) is 0 Å². The highest BCUT2D eigenvalue weighted by molar-refractivity contribution is 5.76. The molecule has 3 heteroatoms. The fourth-order valence-electron chi connectivity index (χ4n) is 3.03. The number of rotatable bonds is 11. The molecule has 0 aliphatic heterocycles. The molecule has 0 saturated carbocycles. The maximum atomic E-state index is 12.4. The van der Waals surface area contributed by atoms with Crippen LogP contribution >= 0.6 is 0 Å². The minimum atomic E-state index is -0.380. The van der Waals surface area contributed by atoms with Gasteiger partial charge in [-0.3, -0.25) is 4.79 Å². The summed E-state index contributed by atoms with van der Waals surface area (Å²) < 4.78 is 10.3. The van der Waals surface area contributed by atoms with Crippen molar-refractivity contribution in [1.29, 1.82) is 0 Å². The molecule has 0 radical (unpaired) electrons. The van der Waals surface area contributed by atoms with Crippen molar-refractivity contribution < 1.29 is 14.3 Å². The van der Waals surface area contributed by atoms with E-state index in [4.69, 9.17) is 9.47 Å². The third-order valence-electron chi connectivity index (χ3n) is 4.84. The number of hydrogen-bond donors (Lipinski definition) is 0. The molecule has 0 N–H and O–H groups in total. The van der Waals surface area contributed by atoms with E-state index in [0.717, 1.165) is 25.7 Å². The van der Waals surface area contributed by atoms with E-state index in [1.807, 2.05) is 0 Å². The Morgan fingerprint density at radius 1 is 1.00 bits per heavy atom. The number of methoxy groups -OCH3 is 1. The zero-order valence-corrected chi connectivity index (χ0v) is 14.4. The molecule has 20 heavy (non-hydrogen) atoms. The van der Waals surface area contributed by atoms with Crippen LogP contribution in [-0.4, -0.2) is 26.3 Å². The van der Waals surface area contributed by atoms with Crippen LogP contribution in [0.5, 0.6) is 0 Å². The summed E-state index contributed by atoms with van der Waals surface area (Å²) in [6, 6.07) is 0. The van der Waals surface area contributed by atoms with Crippen molar-refractivity contribution in [3.05, 3.63) is 0 Å². The van der Waals surface area contributed by atoms with Gasteiger partial charge in [-0.05, 0) is 31.6 Å². The Bertz CT molecular complexity index is 271. The summed E-state index contributed by atoms with van der Waals surface area (Å²) in [6.07, 6.45) is 6.34. The molecular formula is C17H34O3. The molecule has 0 bridgehead atoms. The summed E-state index contributed by atoms with van der Waals surface area (Å²) in [7, 11) is 1.62. The lowest BCUT2D eigenvalue weighted by Gasteiger charge is -2.39. The Hall–Kier alpha value is -0.570. The second-order valence-electron chi connectivity index (χ2n) is 6.18. The summed E-state index contributed by atoms with van der Waals surface area (Å²) in [5, 5.41) is 0. The van der Waals surface area contributed by atoms with Crippen molar-refractivity contribution in [2.75, 3.05) is 20.3 Å². The molecule has 0 saturated heterocycles. The van der Waals surface area contributed by atoms with E-state index in [9.17, 15) is 4.79 Å². The van der Waals surface area contributed by atoms with Gasteiger partial charge in [-0.2, -0.15) is 0 Å². The molecule has 3 nitrogen and oxygen atoms in total. The van der Waals surface area contributed by atoms with Crippen molar-refractivity contribution in [3.8, 4) is 0 Å². The van der Waals surface area contributed by atoms with Crippen molar-refractivity contribution >= 4 is 5.97 Å². The van der Waals surface area contributed by atoms with E-state index in [-0.39, 0.29) is 16.8 Å². The smallest absolute Gasteiger partial charge is 0.311 e. The SMILES string of the molecule is CCCC(CC)(CC)CC(C)(CC)C(=O)OCCOC. The molecule has 0 heterocycles. The lowest BCUT2D eigenvalue weighted by Crippen LogP contribution is -2.36. The Balaban J connectivity index is 4.87. The third-order valence-corrected chi connectivity index (χ3v) is 4.84. The molecule has 0 rings (SSSR count). The third kappa shape index (κ3) is 5.43.